The van der Waals surface area contributed by atoms with Gasteiger partial charge in [0.25, 0.3) is 0 Å². The zero-order chi connectivity index (χ0) is 26.9. The lowest BCUT2D eigenvalue weighted by Gasteiger charge is -2.25. The third kappa shape index (κ3) is 5.02. The number of hydrogen-bond donors (Lipinski definition) is 1. The number of hydrogen-bond acceptors (Lipinski definition) is 5. The highest BCUT2D eigenvalue weighted by Gasteiger charge is 2.46. The molecule has 1 heterocycles. The average molecular weight is 535 g/mol. The molecular formula is C30H34N2O5S. The lowest BCUT2D eigenvalue weighted by atomic mass is 9.81. The molecule has 0 radical (unpaired) electrons. The van der Waals surface area contributed by atoms with Gasteiger partial charge >= 0.3 is 0 Å². The summed E-state index contributed by atoms with van der Waals surface area (Å²) in [5, 5.41) is 0. The van der Waals surface area contributed by atoms with Gasteiger partial charge in [-0.1, -0.05) is 31.0 Å². The molecule has 3 aromatic carbocycles. The third-order valence-electron chi connectivity index (χ3n) is 7.91. The minimum atomic E-state index is -3.48. The molecule has 0 unspecified atom stereocenters. The molecule has 8 heteroatoms. The number of ether oxygens (including phenoxy) is 2. The van der Waals surface area contributed by atoms with Crippen molar-refractivity contribution in [3.05, 3.63) is 77.4 Å². The van der Waals surface area contributed by atoms with E-state index in [0.717, 1.165) is 59.7 Å². The lowest BCUT2D eigenvalue weighted by Crippen LogP contribution is -2.35. The summed E-state index contributed by atoms with van der Waals surface area (Å²) in [5.74, 6) is 2.34. The average Bonchev–Trinajstić information content (AvgIpc) is 3.54. The summed E-state index contributed by atoms with van der Waals surface area (Å²) >= 11 is 0. The molecule has 38 heavy (non-hydrogen) atoms. The van der Waals surface area contributed by atoms with Crippen molar-refractivity contribution in [2.75, 3.05) is 25.6 Å². The molecule has 0 bridgehead atoms. The summed E-state index contributed by atoms with van der Waals surface area (Å²) in [5.41, 5.74) is 4.10. The van der Waals surface area contributed by atoms with E-state index in [1.807, 2.05) is 42.2 Å². The number of aryl methyl sites for hydroxylation is 2. The van der Waals surface area contributed by atoms with Crippen LogP contribution < -0.4 is 19.1 Å². The number of fused-ring (bicyclic) bond motifs is 2. The number of sulfonamides is 1. The van der Waals surface area contributed by atoms with E-state index < -0.39 is 10.0 Å². The van der Waals surface area contributed by atoms with Crippen molar-refractivity contribution in [2.45, 2.75) is 55.8 Å². The van der Waals surface area contributed by atoms with Crippen LogP contribution in [-0.2, 0) is 26.7 Å². The van der Waals surface area contributed by atoms with Gasteiger partial charge in [0.2, 0.25) is 15.9 Å². The zero-order valence-corrected chi connectivity index (χ0v) is 22.9. The molecule has 0 saturated heterocycles. The molecule has 1 aliphatic heterocycles. The van der Waals surface area contributed by atoms with Crippen LogP contribution in [0.4, 0.5) is 5.69 Å². The summed E-state index contributed by atoms with van der Waals surface area (Å²) in [7, 11) is -0.445. The van der Waals surface area contributed by atoms with E-state index in [0.29, 0.717) is 19.4 Å². The highest BCUT2D eigenvalue weighted by molar-refractivity contribution is 7.89. The fourth-order valence-electron chi connectivity index (χ4n) is 5.70. The quantitative estimate of drug-likeness (QED) is 0.413. The van der Waals surface area contributed by atoms with Gasteiger partial charge in [0, 0.05) is 30.1 Å². The van der Waals surface area contributed by atoms with Gasteiger partial charge in [0.15, 0.2) is 0 Å². The van der Waals surface area contributed by atoms with E-state index in [-0.39, 0.29) is 16.2 Å². The number of nitrogens with zero attached hydrogens (tertiary/aromatic N) is 1. The second kappa shape index (κ2) is 10.4. The number of carbonyl (C=O) groups is 1. The Kier molecular flexibility index (Phi) is 7.20. The van der Waals surface area contributed by atoms with Crippen LogP contribution in [0.5, 0.6) is 17.2 Å². The number of rotatable bonds is 8. The molecule has 0 atom stereocenters. The number of carbonyl (C=O) groups excluding carboxylic acids is 1. The Morgan fingerprint density at radius 2 is 1.71 bits per heavy atom. The van der Waals surface area contributed by atoms with E-state index in [4.69, 9.17) is 9.47 Å². The number of benzene rings is 3. The van der Waals surface area contributed by atoms with Gasteiger partial charge < -0.3 is 14.4 Å². The molecule has 1 aliphatic carbocycles. The normalized spacial score (nSPS) is 16.0. The van der Waals surface area contributed by atoms with E-state index in [1.165, 1.54) is 12.6 Å². The largest absolute Gasteiger partial charge is 0.497 e. The highest BCUT2D eigenvalue weighted by Crippen LogP contribution is 2.52. The van der Waals surface area contributed by atoms with Gasteiger partial charge in [-0.15, -0.1) is 0 Å². The SMILES string of the molecule is CNS(=O)(=O)c1ccc(CCC(=O)N2CC3(CCCC3)c3cc(Oc4cc(OC)ccc4C)ccc32)cc1. The first-order valence-electron chi connectivity index (χ1n) is 13.0. The minimum Gasteiger partial charge on any atom is -0.497 e. The standard InChI is InChI=1S/C30H34N2O5S/c1-21-6-10-23(36-3)19-28(21)37-24-11-14-27-26(18-24)30(16-4-5-17-30)20-32(27)29(33)15-9-22-7-12-25(13-8-22)38(34,35)31-2/h6-8,10-14,18-19,31H,4-5,9,15-17,20H2,1-3H3. The molecule has 3 aromatic rings. The Hall–Kier alpha value is -3.36. The number of methoxy groups -OCH3 is 1. The predicted molar refractivity (Wildman–Crippen MR) is 148 cm³/mol. The molecule has 2 aliphatic rings. The maximum atomic E-state index is 13.5. The predicted octanol–water partition coefficient (Wildman–Crippen LogP) is 5.50. The first kappa shape index (κ1) is 26.3. The summed E-state index contributed by atoms with van der Waals surface area (Å²) in [6, 6.07) is 18.6. The Balaban J connectivity index is 1.35. The maximum absolute atomic E-state index is 13.5. The van der Waals surface area contributed by atoms with Crippen molar-refractivity contribution in [1.82, 2.24) is 4.72 Å². The monoisotopic (exact) mass is 534 g/mol. The van der Waals surface area contributed by atoms with Gasteiger partial charge in [-0.3, -0.25) is 4.79 Å². The second-order valence-corrected chi connectivity index (χ2v) is 12.1. The topological polar surface area (TPSA) is 84.9 Å². The Bertz CT molecular complexity index is 1440. The molecule has 200 valence electrons. The van der Waals surface area contributed by atoms with Crippen molar-refractivity contribution >= 4 is 21.6 Å². The second-order valence-electron chi connectivity index (χ2n) is 10.2. The van der Waals surface area contributed by atoms with Gasteiger partial charge in [0.1, 0.15) is 17.2 Å². The third-order valence-corrected chi connectivity index (χ3v) is 9.34. The molecule has 1 saturated carbocycles. The molecule has 1 fully saturated rings. The summed E-state index contributed by atoms with van der Waals surface area (Å²) in [6.45, 7) is 2.70. The molecular weight excluding hydrogens is 500 g/mol. The highest BCUT2D eigenvalue weighted by atomic mass is 32.2. The number of amides is 1. The summed E-state index contributed by atoms with van der Waals surface area (Å²) < 4.78 is 37.9. The molecule has 1 spiro atoms. The van der Waals surface area contributed by atoms with Crippen LogP contribution in [0.1, 0.15) is 48.8 Å². The van der Waals surface area contributed by atoms with E-state index in [9.17, 15) is 13.2 Å². The van der Waals surface area contributed by atoms with Crippen molar-refractivity contribution in [3.8, 4) is 17.2 Å². The van der Waals surface area contributed by atoms with Crippen LogP contribution >= 0.6 is 0 Å². The number of nitrogens with one attached hydrogen (secondary N) is 1. The van der Waals surface area contributed by atoms with Crippen LogP contribution in [0.25, 0.3) is 0 Å². The van der Waals surface area contributed by atoms with Gasteiger partial charge in [-0.05, 0) is 86.3 Å². The summed E-state index contributed by atoms with van der Waals surface area (Å²) in [4.78, 5) is 15.6. The van der Waals surface area contributed by atoms with Crippen molar-refractivity contribution < 1.29 is 22.7 Å². The van der Waals surface area contributed by atoms with Crippen LogP contribution in [0.2, 0.25) is 0 Å². The van der Waals surface area contributed by atoms with Crippen LogP contribution in [0.15, 0.2) is 65.6 Å². The smallest absolute Gasteiger partial charge is 0.240 e. The number of anilines is 1. The van der Waals surface area contributed by atoms with Gasteiger partial charge in [0.05, 0.1) is 12.0 Å². The zero-order valence-electron chi connectivity index (χ0n) is 22.1. The fraction of sp³-hybridized carbons (Fsp3) is 0.367. The first-order valence-corrected chi connectivity index (χ1v) is 14.5. The maximum Gasteiger partial charge on any atom is 0.240 e. The molecule has 1 N–H and O–H groups in total. The van der Waals surface area contributed by atoms with E-state index in [2.05, 4.69) is 10.8 Å². The van der Waals surface area contributed by atoms with Crippen LogP contribution in [0, 0.1) is 6.92 Å². The Morgan fingerprint density at radius 3 is 2.39 bits per heavy atom. The molecule has 1 amide bonds. The molecule has 0 aromatic heterocycles. The minimum absolute atomic E-state index is 0.0308. The van der Waals surface area contributed by atoms with Gasteiger partial charge in [-0.25, -0.2) is 13.1 Å². The first-order chi connectivity index (χ1) is 18.2. The van der Waals surface area contributed by atoms with Crippen LogP contribution in [-0.4, -0.2) is 35.0 Å². The fourth-order valence-corrected chi connectivity index (χ4v) is 6.43. The lowest BCUT2D eigenvalue weighted by molar-refractivity contribution is -0.118. The van der Waals surface area contributed by atoms with Crippen molar-refractivity contribution in [2.24, 2.45) is 0 Å². The van der Waals surface area contributed by atoms with Crippen molar-refractivity contribution in [1.29, 1.82) is 0 Å². The van der Waals surface area contributed by atoms with E-state index in [1.54, 1.807) is 31.4 Å². The Morgan fingerprint density at radius 1 is 1.00 bits per heavy atom. The Labute approximate surface area is 224 Å². The molecule has 7 nitrogen and oxygen atoms in total. The van der Waals surface area contributed by atoms with Crippen LogP contribution in [0.3, 0.4) is 0 Å². The summed E-state index contributed by atoms with van der Waals surface area (Å²) in [6.07, 6.45) is 5.34. The molecule has 5 rings (SSSR count). The van der Waals surface area contributed by atoms with E-state index >= 15 is 0 Å². The van der Waals surface area contributed by atoms with Crippen molar-refractivity contribution in [3.63, 3.8) is 0 Å². The van der Waals surface area contributed by atoms with Gasteiger partial charge in [-0.2, -0.15) is 0 Å².